The molecule has 0 saturated carbocycles. The molecule has 7 heteroatoms. The van der Waals surface area contributed by atoms with Crippen molar-refractivity contribution >= 4 is 17.4 Å². The van der Waals surface area contributed by atoms with Crippen LogP contribution in [0.2, 0.25) is 0 Å². The fourth-order valence-corrected chi connectivity index (χ4v) is 1.98. The average Bonchev–Trinajstić information content (AvgIpc) is 2.92. The number of anilines is 1. The normalized spacial score (nSPS) is 10.8. The van der Waals surface area contributed by atoms with Crippen molar-refractivity contribution in [3.05, 3.63) is 53.9 Å². The van der Waals surface area contributed by atoms with Crippen LogP contribution in [0, 0.1) is 12.7 Å². The summed E-state index contributed by atoms with van der Waals surface area (Å²) in [4.78, 5) is 21.7. The van der Waals surface area contributed by atoms with E-state index in [4.69, 9.17) is 0 Å². The number of carbonyl (C=O) groups excluding carboxylic acids is 1. The van der Waals surface area contributed by atoms with Gasteiger partial charge in [0, 0.05) is 18.9 Å². The maximum absolute atomic E-state index is 13.7. The van der Waals surface area contributed by atoms with Crippen LogP contribution in [0.5, 0.6) is 0 Å². The van der Waals surface area contributed by atoms with Crippen LogP contribution in [0.1, 0.15) is 16.3 Å². The Hall–Kier alpha value is -2.83. The van der Waals surface area contributed by atoms with Crippen LogP contribution in [0.3, 0.4) is 0 Å². The van der Waals surface area contributed by atoms with E-state index in [1.54, 1.807) is 24.4 Å². The lowest BCUT2D eigenvalue weighted by Gasteiger charge is -2.15. The van der Waals surface area contributed by atoms with Gasteiger partial charge in [0.2, 0.25) is 5.82 Å². The third-order valence-electron chi connectivity index (χ3n) is 3.14. The fourth-order valence-electron chi connectivity index (χ4n) is 1.98. The first-order valence-corrected chi connectivity index (χ1v) is 6.29. The summed E-state index contributed by atoms with van der Waals surface area (Å²) in [5.41, 5.74) is 0.978. The number of hydrogen-bond acceptors (Lipinski definition) is 4. The van der Waals surface area contributed by atoms with Gasteiger partial charge in [-0.05, 0) is 25.1 Å². The molecule has 0 fully saturated rings. The van der Waals surface area contributed by atoms with Gasteiger partial charge in [0.15, 0.2) is 0 Å². The topological polar surface area (TPSA) is 63.4 Å². The van der Waals surface area contributed by atoms with Gasteiger partial charge in [-0.3, -0.25) is 4.79 Å². The monoisotopic (exact) mass is 285 g/mol. The smallest absolute Gasteiger partial charge is 0.297 e. The van der Waals surface area contributed by atoms with Crippen molar-refractivity contribution in [2.45, 2.75) is 6.92 Å². The zero-order chi connectivity index (χ0) is 15.0. The highest BCUT2D eigenvalue weighted by molar-refractivity contribution is 6.03. The molecule has 0 bridgehead atoms. The van der Waals surface area contributed by atoms with Gasteiger partial charge in [-0.15, -0.1) is 5.10 Å². The molecule has 0 aliphatic rings. The average molecular weight is 285 g/mol. The van der Waals surface area contributed by atoms with Crippen molar-refractivity contribution in [1.82, 2.24) is 19.6 Å². The quantitative estimate of drug-likeness (QED) is 0.721. The highest BCUT2D eigenvalue weighted by Gasteiger charge is 2.21. The second-order valence-electron chi connectivity index (χ2n) is 4.55. The maximum Gasteiger partial charge on any atom is 0.297 e. The predicted octanol–water partition coefficient (Wildman–Crippen LogP) is 1.85. The lowest BCUT2D eigenvalue weighted by atomic mass is 10.3. The number of para-hydroxylation sites is 1. The number of fused-ring (bicyclic) bond motifs is 1. The van der Waals surface area contributed by atoms with Crippen LogP contribution in [0.25, 0.3) is 5.78 Å². The number of amides is 1. The first kappa shape index (κ1) is 13.2. The van der Waals surface area contributed by atoms with Crippen molar-refractivity contribution in [3.63, 3.8) is 0 Å². The minimum atomic E-state index is -0.495. The number of aryl methyl sites for hydroxylation is 1. The summed E-state index contributed by atoms with van der Waals surface area (Å²) in [6.45, 7) is 1.83. The van der Waals surface area contributed by atoms with Gasteiger partial charge >= 0.3 is 0 Å². The van der Waals surface area contributed by atoms with Crippen LogP contribution in [-0.2, 0) is 0 Å². The molecule has 0 N–H and O–H groups in total. The van der Waals surface area contributed by atoms with E-state index in [0.29, 0.717) is 5.78 Å². The van der Waals surface area contributed by atoms with Gasteiger partial charge in [-0.25, -0.2) is 13.9 Å². The lowest BCUT2D eigenvalue weighted by molar-refractivity contribution is 0.0982. The first-order valence-electron chi connectivity index (χ1n) is 6.29. The van der Waals surface area contributed by atoms with E-state index in [9.17, 15) is 9.18 Å². The Kier molecular flexibility index (Phi) is 3.09. The zero-order valence-electron chi connectivity index (χ0n) is 11.5. The molecule has 2 aromatic heterocycles. The summed E-state index contributed by atoms with van der Waals surface area (Å²) in [5, 5.41) is 4.12. The van der Waals surface area contributed by atoms with E-state index in [1.807, 2.05) is 6.92 Å². The fraction of sp³-hybridized carbons (Fsp3) is 0.143. The van der Waals surface area contributed by atoms with Gasteiger partial charge in [-0.1, -0.05) is 12.1 Å². The SMILES string of the molecule is Cc1ccnc2nc(C(=O)N(C)c3ccccc3F)nn12. The molecule has 3 aromatic rings. The Labute approximate surface area is 119 Å². The third-order valence-corrected chi connectivity index (χ3v) is 3.14. The first-order chi connectivity index (χ1) is 10.1. The maximum atomic E-state index is 13.7. The summed E-state index contributed by atoms with van der Waals surface area (Å²) in [6, 6.07) is 7.80. The van der Waals surface area contributed by atoms with Gasteiger partial charge in [-0.2, -0.15) is 4.98 Å². The molecule has 0 radical (unpaired) electrons. The molecule has 3 rings (SSSR count). The minimum Gasteiger partial charge on any atom is -0.306 e. The number of nitrogens with zero attached hydrogens (tertiary/aromatic N) is 5. The molecule has 0 unspecified atom stereocenters. The van der Waals surface area contributed by atoms with Gasteiger partial charge in [0.1, 0.15) is 5.82 Å². The van der Waals surface area contributed by atoms with E-state index in [1.165, 1.54) is 28.6 Å². The predicted molar refractivity (Wildman–Crippen MR) is 74.7 cm³/mol. The number of benzene rings is 1. The Bertz CT molecular complexity index is 829. The molecule has 1 aromatic carbocycles. The number of carbonyl (C=O) groups is 1. The Morgan fingerprint density at radius 3 is 2.76 bits per heavy atom. The second-order valence-corrected chi connectivity index (χ2v) is 4.55. The van der Waals surface area contributed by atoms with Gasteiger partial charge < -0.3 is 4.90 Å². The number of halogens is 1. The number of hydrogen-bond donors (Lipinski definition) is 0. The molecule has 0 atom stereocenters. The molecule has 106 valence electrons. The Morgan fingerprint density at radius 1 is 1.29 bits per heavy atom. The van der Waals surface area contributed by atoms with E-state index in [0.717, 1.165) is 5.69 Å². The minimum absolute atomic E-state index is 0.0254. The van der Waals surface area contributed by atoms with Gasteiger partial charge in [0.05, 0.1) is 5.69 Å². The summed E-state index contributed by atoms with van der Waals surface area (Å²) < 4.78 is 15.2. The lowest BCUT2D eigenvalue weighted by Crippen LogP contribution is -2.28. The molecule has 0 spiro atoms. The van der Waals surface area contributed by atoms with Crippen LogP contribution in [0.15, 0.2) is 36.5 Å². The molecular weight excluding hydrogens is 273 g/mol. The zero-order valence-corrected chi connectivity index (χ0v) is 11.5. The summed E-state index contributed by atoms with van der Waals surface area (Å²) in [5.74, 6) is -0.667. The number of aromatic nitrogens is 4. The van der Waals surface area contributed by atoms with E-state index < -0.39 is 11.7 Å². The van der Waals surface area contributed by atoms with Crippen molar-refractivity contribution < 1.29 is 9.18 Å². The molecule has 1 amide bonds. The molecular formula is C14H12FN5O. The summed E-state index contributed by atoms with van der Waals surface area (Å²) in [7, 11) is 1.48. The van der Waals surface area contributed by atoms with Crippen LogP contribution in [0.4, 0.5) is 10.1 Å². The standard InChI is InChI=1S/C14H12FN5O/c1-9-7-8-16-14-17-12(18-20(9)14)13(21)19(2)11-6-4-3-5-10(11)15/h3-8H,1-2H3. The Balaban J connectivity index is 2.00. The summed E-state index contributed by atoms with van der Waals surface area (Å²) in [6.07, 6.45) is 1.59. The second kappa shape index (κ2) is 4.93. The van der Waals surface area contributed by atoms with E-state index in [2.05, 4.69) is 15.1 Å². The number of rotatable bonds is 2. The Morgan fingerprint density at radius 2 is 2.05 bits per heavy atom. The molecule has 6 nitrogen and oxygen atoms in total. The van der Waals surface area contributed by atoms with Crippen LogP contribution >= 0.6 is 0 Å². The largest absolute Gasteiger partial charge is 0.306 e. The van der Waals surface area contributed by atoms with Crippen LogP contribution < -0.4 is 4.90 Å². The van der Waals surface area contributed by atoms with Gasteiger partial charge in [0.25, 0.3) is 11.7 Å². The van der Waals surface area contributed by atoms with Crippen molar-refractivity contribution in [3.8, 4) is 0 Å². The highest BCUT2D eigenvalue weighted by atomic mass is 19.1. The third kappa shape index (κ3) is 2.22. The highest BCUT2D eigenvalue weighted by Crippen LogP contribution is 2.18. The van der Waals surface area contributed by atoms with Crippen molar-refractivity contribution in [1.29, 1.82) is 0 Å². The molecule has 0 saturated heterocycles. The van der Waals surface area contributed by atoms with E-state index in [-0.39, 0.29) is 11.5 Å². The van der Waals surface area contributed by atoms with Crippen LogP contribution in [-0.4, -0.2) is 32.5 Å². The van der Waals surface area contributed by atoms with Crippen molar-refractivity contribution in [2.24, 2.45) is 0 Å². The van der Waals surface area contributed by atoms with E-state index >= 15 is 0 Å². The molecule has 2 heterocycles. The van der Waals surface area contributed by atoms with Crippen molar-refractivity contribution in [2.75, 3.05) is 11.9 Å². The molecule has 21 heavy (non-hydrogen) atoms. The summed E-state index contributed by atoms with van der Waals surface area (Å²) >= 11 is 0. The molecule has 0 aliphatic carbocycles. The molecule has 0 aliphatic heterocycles.